The second-order valence-electron chi connectivity index (χ2n) is 4.36. The number of rotatable bonds is 5. The Kier molecular flexibility index (Phi) is 5.77. The molecule has 0 aromatic carbocycles. The van der Waals surface area contributed by atoms with Crippen molar-refractivity contribution in [2.24, 2.45) is 0 Å². The lowest BCUT2D eigenvalue weighted by Crippen LogP contribution is -2.48. The van der Waals surface area contributed by atoms with Crippen molar-refractivity contribution in [1.82, 2.24) is 10.2 Å². The second kappa shape index (κ2) is 6.86. The van der Waals surface area contributed by atoms with Crippen molar-refractivity contribution in [2.45, 2.75) is 45.2 Å². The van der Waals surface area contributed by atoms with Crippen molar-refractivity contribution >= 4 is 5.97 Å². The van der Waals surface area contributed by atoms with E-state index < -0.39 is 0 Å². The zero-order valence-corrected chi connectivity index (χ0v) is 10.7. The Morgan fingerprint density at radius 1 is 1.44 bits per heavy atom. The molecule has 4 heteroatoms. The third-order valence-electron chi connectivity index (χ3n) is 3.37. The van der Waals surface area contributed by atoms with Crippen molar-refractivity contribution in [3.8, 4) is 0 Å². The highest BCUT2D eigenvalue weighted by atomic mass is 16.5. The minimum absolute atomic E-state index is 0.136. The standard InChI is InChI=1S/C12H24N2O2/c1-4-11(12(15)16-3)13-10-6-8-14(5-2)9-7-10/h10-11,13H,4-9H2,1-3H3. The molecule has 1 aliphatic rings. The van der Waals surface area contributed by atoms with Crippen LogP contribution in [-0.4, -0.2) is 49.7 Å². The van der Waals surface area contributed by atoms with Gasteiger partial charge in [-0.1, -0.05) is 13.8 Å². The van der Waals surface area contributed by atoms with E-state index in [1.54, 1.807) is 0 Å². The zero-order valence-electron chi connectivity index (χ0n) is 10.7. The van der Waals surface area contributed by atoms with Gasteiger partial charge >= 0.3 is 5.97 Å². The summed E-state index contributed by atoms with van der Waals surface area (Å²) >= 11 is 0. The molecule has 16 heavy (non-hydrogen) atoms. The van der Waals surface area contributed by atoms with Gasteiger partial charge in [-0.3, -0.25) is 4.79 Å². The maximum atomic E-state index is 11.4. The summed E-state index contributed by atoms with van der Waals surface area (Å²) in [7, 11) is 1.45. The first-order chi connectivity index (χ1) is 7.71. The molecular weight excluding hydrogens is 204 g/mol. The fraction of sp³-hybridized carbons (Fsp3) is 0.917. The maximum absolute atomic E-state index is 11.4. The van der Waals surface area contributed by atoms with Crippen LogP contribution in [0.2, 0.25) is 0 Å². The highest BCUT2D eigenvalue weighted by Gasteiger charge is 2.24. The topological polar surface area (TPSA) is 41.6 Å². The molecule has 1 unspecified atom stereocenters. The number of hydrogen-bond acceptors (Lipinski definition) is 4. The minimum atomic E-state index is -0.138. The van der Waals surface area contributed by atoms with Crippen molar-refractivity contribution < 1.29 is 9.53 Å². The SMILES string of the molecule is CCC(NC1CCN(CC)CC1)C(=O)OC. The molecule has 0 bridgehead atoms. The van der Waals surface area contributed by atoms with Crippen molar-refractivity contribution in [3.63, 3.8) is 0 Å². The van der Waals surface area contributed by atoms with Gasteiger partial charge in [0.15, 0.2) is 0 Å². The molecule has 0 aliphatic carbocycles. The van der Waals surface area contributed by atoms with E-state index in [1.165, 1.54) is 7.11 Å². The fourth-order valence-corrected chi connectivity index (χ4v) is 2.20. The van der Waals surface area contributed by atoms with Crippen LogP contribution in [0.15, 0.2) is 0 Å². The summed E-state index contributed by atoms with van der Waals surface area (Å²) in [6.45, 7) is 7.59. The van der Waals surface area contributed by atoms with Crippen LogP contribution in [0.25, 0.3) is 0 Å². The van der Waals surface area contributed by atoms with E-state index in [-0.39, 0.29) is 12.0 Å². The van der Waals surface area contributed by atoms with Crippen molar-refractivity contribution in [1.29, 1.82) is 0 Å². The van der Waals surface area contributed by atoms with Crippen LogP contribution < -0.4 is 5.32 Å². The monoisotopic (exact) mass is 228 g/mol. The molecule has 94 valence electrons. The third kappa shape index (κ3) is 3.76. The molecule has 1 heterocycles. The van der Waals surface area contributed by atoms with E-state index in [0.29, 0.717) is 6.04 Å². The van der Waals surface area contributed by atoms with E-state index in [4.69, 9.17) is 4.74 Å². The summed E-state index contributed by atoms with van der Waals surface area (Å²) in [5.41, 5.74) is 0. The van der Waals surface area contributed by atoms with Gasteiger partial charge in [-0.25, -0.2) is 0 Å². The van der Waals surface area contributed by atoms with E-state index >= 15 is 0 Å². The summed E-state index contributed by atoms with van der Waals surface area (Å²) < 4.78 is 4.78. The number of hydrogen-bond donors (Lipinski definition) is 1. The van der Waals surface area contributed by atoms with Crippen LogP contribution >= 0.6 is 0 Å². The summed E-state index contributed by atoms with van der Waals surface area (Å²) in [6.07, 6.45) is 3.04. The zero-order chi connectivity index (χ0) is 12.0. The smallest absolute Gasteiger partial charge is 0.322 e. The van der Waals surface area contributed by atoms with E-state index in [9.17, 15) is 4.79 Å². The molecule has 0 spiro atoms. The molecule has 0 amide bonds. The van der Waals surface area contributed by atoms with E-state index in [1.807, 2.05) is 6.92 Å². The Bertz CT molecular complexity index is 213. The number of carbonyl (C=O) groups excluding carboxylic acids is 1. The first kappa shape index (κ1) is 13.5. The Balaban J connectivity index is 2.34. The van der Waals surface area contributed by atoms with Crippen LogP contribution in [0.5, 0.6) is 0 Å². The van der Waals surface area contributed by atoms with Crippen LogP contribution in [0, 0.1) is 0 Å². The maximum Gasteiger partial charge on any atom is 0.322 e. The van der Waals surface area contributed by atoms with Gasteiger partial charge in [0.25, 0.3) is 0 Å². The predicted octanol–water partition coefficient (Wildman–Crippen LogP) is 1.01. The van der Waals surface area contributed by atoms with Gasteiger partial charge < -0.3 is 15.0 Å². The number of piperidine rings is 1. The van der Waals surface area contributed by atoms with Gasteiger partial charge in [-0.2, -0.15) is 0 Å². The van der Waals surface area contributed by atoms with Crippen molar-refractivity contribution in [3.05, 3.63) is 0 Å². The van der Waals surface area contributed by atoms with Gasteiger partial charge in [0, 0.05) is 6.04 Å². The Morgan fingerprint density at radius 2 is 2.06 bits per heavy atom. The Hall–Kier alpha value is -0.610. The Morgan fingerprint density at radius 3 is 2.50 bits per heavy atom. The molecule has 0 saturated carbocycles. The molecule has 0 aromatic rings. The predicted molar refractivity (Wildman–Crippen MR) is 64.4 cm³/mol. The molecule has 1 N–H and O–H groups in total. The number of nitrogens with one attached hydrogen (secondary N) is 1. The van der Waals surface area contributed by atoms with Crippen LogP contribution in [-0.2, 0) is 9.53 Å². The lowest BCUT2D eigenvalue weighted by molar-refractivity contribution is -0.143. The molecule has 1 saturated heterocycles. The van der Waals surface area contributed by atoms with E-state index in [0.717, 1.165) is 38.9 Å². The minimum Gasteiger partial charge on any atom is -0.468 e. The molecule has 4 nitrogen and oxygen atoms in total. The largest absolute Gasteiger partial charge is 0.468 e. The van der Waals surface area contributed by atoms with Crippen LogP contribution in [0.1, 0.15) is 33.1 Å². The average molecular weight is 228 g/mol. The van der Waals surface area contributed by atoms with Gasteiger partial charge in [0.05, 0.1) is 7.11 Å². The number of esters is 1. The van der Waals surface area contributed by atoms with Gasteiger partial charge in [-0.05, 0) is 38.9 Å². The lowest BCUT2D eigenvalue weighted by Gasteiger charge is -2.33. The molecule has 1 atom stereocenters. The summed E-state index contributed by atoms with van der Waals surface area (Å²) in [5, 5.41) is 3.40. The second-order valence-corrected chi connectivity index (χ2v) is 4.36. The summed E-state index contributed by atoms with van der Waals surface area (Å²) in [4.78, 5) is 13.9. The third-order valence-corrected chi connectivity index (χ3v) is 3.37. The lowest BCUT2D eigenvalue weighted by atomic mass is 10.0. The Labute approximate surface area is 98.3 Å². The summed E-state index contributed by atoms with van der Waals surface area (Å²) in [5.74, 6) is -0.138. The highest BCUT2D eigenvalue weighted by molar-refractivity contribution is 5.75. The van der Waals surface area contributed by atoms with Crippen LogP contribution in [0.4, 0.5) is 0 Å². The van der Waals surface area contributed by atoms with E-state index in [2.05, 4.69) is 17.1 Å². The number of methoxy groups -OCH3 is 1. The molecule has 1 fully saturated rings. The average Bonchev–Trinajstić information content (AvgIpc) is 2.35. The number of nitrogens with zero attached hydrogens (tertiary/aromatic N) is 1. The molecular formula is C12H24N2O2. The molecule has 0 radical (unpaired) electrons. The quantitative estimate of drug-likeness (QED) is 0.713. The number of likely N-dealkylation sites (tertiary alicyclic amines) is 1. The molecule has 1 rings (SSSR count). The van der Waals surface area contributed by atoms with Gasteiger partial charge in [0.1, 0.15) is 6.04 Å². The number of carbonyl (C=O) groups is 1. The normalized spacial score (nSPS) is 20.7. The first-order valence-electron chi connectivity index (χ1n) is 6.27. The first-order valence-corrected chi connectivity index (χ1v) is 6.27. The fourth-order valence-electron chi connectivity index (χ4n) is 2.20. The van der Waals surface area contributed by atoms with Crippen LogP contribution in [0.3, 0.4) is 0 Å². The van der Waals surface area contributed by atoms with Crippen molar-refractivity contribution in [2.75, 3.05) is 26.7 Å². The number of ether oxygens (including phenoxy) is 1. The highest BCUT2D eigenvalue weighted by Crippen LogP contribution is 2.11. The van der Waals surface area contributed by atoms with Gasteiger partial charge in [0.2, 0.25) is 0 Å². The molecule has 1 aliphatic heterocycles. The van der Waals surface area contributed by atoms with Gasteiger partial charge in [-0.15, -0.1) is 0 Å². The molecule has 0 aromatic heterocycles. The summed E-state index contributed by atoms with van der Waals surface area (Å²) in [6, 6.07) is 0.329.